The predicted molar refractivity (Wildman–Crippen MR) is 400 cm³/mol. The molecule has 3 N–H and O–H groups in total. The zero-order valence-corrected chi connectivity index (χ0v) is 65.9. The number of carbonyl (C=O) groups is 4. The third kappa shape index (κ3) is 72.4. The number of carbonyl (C=O) groups excluding carboxylic acids is 4. The third-order valence-corrected chi connectivity index (χ3v) is 20.4. The fraction of sp³-hybridized carbons (Fsp3) is 0.949. The molecule has 98 heavy (non-hydrogen) atoms. The van der Waals surface area contributed by atoms with Crippen molar-refractivity contribution in [2.75, 3.05) is 39.6 Å². The van der Waals surface area contributed by atoms with Gasteiger partial charge < -0.3 is 33.8 Å². The van der Waals surface area contributed by atoms with E-state index in [1.165, 1.54) is 225 Å². The summed E-state index contributed by atoms with van der Waals surface area (Å²) in [5, 5.41) is 10.6. The first-order valence-corrected chi connectivity index (χ1v) is 44.0. The van der Waals surface area contributed by atoms with Gasteiger partial charge in [0.15, 0.2) is 12.2 Å². The van der Waals surface area contributed by atoms with E-state index in [0.29, 0.717) is 25.7 Å². The molecular weight excluding hydrogens is 1280 g/mol. The minimum absolute atomic E-state index is 0.105. The van der Waals surface area contributed by atoms with Gasteiger partial charge in [0.05, 0.1) is 26.4 Å². The molecule has 0 saturated carbocycles. The van der Waals surface area contributed by atoms with E-state index in [2.05, 4.69) is 41.5 Å². The summed E-state index contributed by atoms with van der Waals surface area (Å²) in [7, 11) is -9.91. The van der Waals surface area contributed by atoms with Crippen molar-refractivity contribution in [1.82, 2.24) is 0 Å². The van der Waals surface area contributed by atoms with Crippen LogP contribution in [-0.4, -0.2) is 96.7 Å². The molecule has 0 aliphatic heterocycles. The molecule has 0 saturated heterocycles. The number of hydrogen-bond acceptors (Lipinski definition) is 15. The molecule has 0 bridgehead atoms. The highest BCUT2D eigenvalue weighted by Crippen LogP contribution is 2.45. The molecule has 0 heterocycles. The second kappa shape index (κ2) is 70.7. The second-order valence-electron chi connectivity index (χ2n) is 29.4. The highest BCUT2D eigenvalue weighted by molar-refractivity contribution is 7.47. The van der Waals surface area contributed by atoms with Crippen molar-refractivity contribution in [1.29, 1.82) is 0 Å². The number of phosphoric acid groups is 2. The van der Waals surface area contributed by atoms with Gasteiger partial charge >= 0.3 is 39.5 Å². The first-order chi connectivity index (χ1) is 47.4. The van der Waals surface area contributed by atoms with Crippen molar-refractivity contribution in [2.24, 2.45) is 11.8 Å². The number of hydrogen-bond donors (Lipinski definition) is 3. The van der Waals surface area contributed by atoms with Gasteiger partial charge in [0.25, 0.3) is 0 Å². The normalized spacial score (nSPS) is 13.9. The summed E-state index contributed by atoms with van der Waals surface area (Å²) >= 11 is 0. The highest BCUT2D eigenvalue weighted by atomic mass is 31.2. The van der Waals surface area contributed by atoms with Crippen molar-refractivity contribution < 1.29 is 80.2 Å². The molecule has 0 spiro atoms. The number of phosphoric ester groups is 2. The lowest BCUT2D eigenvalue weighted by atomic mass is 10.0. The molecule has 0 aliphatic rings. The van der Waals surface area contributed by atoms with Gasteiger partial charge in [-0.05, 0) is 37.5 Å². The van der Waals surface area contributed by atoms with E-state index >= 15 is 0 Å². The lowest BCUT2D eigenvalue weighted by Gasteiger charge is -2.21. The van der Waals surface area contributed by atoms with Crippen LogP contribution in [0, 0.1) is 11.8 Å². The van der Waals surface area contributed by atoms with Gasteiger partial charge in [-0.2, -0.15) is 0 Å². The lowest BCUT2D eigenvalue weighted by Crippen LogP contribution is -2.30. The van der Waals surface area contributed by atoms with Gasteiger partial charge in [0.1, 0.15) is 19.3 Å². The van der Waals surface area contributed by atoms with Gasteiger partial charge in [0.2, 0.25) is 0 Å². The van der Waals surface area contributed by atoms with E-state index in [4.69, 9.17) is 37.0 Å². The van der Waals surface area contributed by atoms with Crippen LogP contribution in [0.15, 0.2) is 0 Å². The minimum atomic E-state index is -4.96. The Kier molecular flexibility index (Phi) is 69.3. The van der Waals surface area contributed by atoms with E-state index in [1.807, 2.05) is 0 Å². The average Bonchev–Trinajstić information content (AvgIpc) is 0.963. The van der Waals surface area contributed by atoms with Gasteiger partial charge in [0, 0.05) is 25.7 Å². The minimum Gasteiger partial charge on any atom is -0.462 e. The van der Waals surface area contributed by atoms with Crippen LogP contribution in [0.5, 0.6) is 0 Å². The number of aliphatic hydroxyl groups is 1. The fourth-order valence-electron chi connectivity index (χ4n) is 12.2. The molecule has 582 valence electrons. The van der Waals surface area contributed by atoms with Gasteiger partial charge in [-0.25, -0.2) is 9.13 Å². The van der Waals surface area contributed by atoms with Gasteiger partial charge in [-0.3, -0.25) is 37.3 Å². The molecule has 17 nitrogen and oxygen atoms in total. The third-order valence-electron chi connectivity index (χ3n) is 18.5. The Morgan fingerprint density at radius 1 is 0.276 bits per heavy atom. The summed E-state index contributed by atoms with van der Waals surface area (Å²) in [6, 6.07) is 0. The van der Waals surface area contributed by atoms with Crippen LogP contribution in [0.4, 0.5) is 0 Å². The van der Waals surface area contributed by atoms with Crippen molar-refractivity contribution in [3.05, 3.63) is 0 Å². The molecule has 0 aromatic carbocycles. The average molecular weight is 1440 g/mol. The van der Waals surface area contributed by atoms with Crippen LogP contribution >= 0.6 is 15.6 Å². The Morgan fingerprint density at radius 3 is 0.694 bits per heavy atom. The fourth-order valence-corrected chi connectivity index (χ4v) is 13.8. The van der Waals surface area contributed by atoms with Crippen molar-refractivity contribution >= 4 is 39.5 Å². The topological polar surface area (TPSA) is 237 Å². The predicted octanol–water partition coefficient (Wildman–Crippen LogP) is 23.5. The first-order valence-electron chi connectivity index (χ1n) is 41.0. The SMILES string of the molecule is CCCCCCCCCCCCCCCCCCCCCCCC(=O)O[C@H](COC(=O)CCCCCCCCCCCCCCCCCC(C)C)COP(=O)(O)OC[C@@H](O)COP(=O)(O)OC[C@@H](COC(=O)CCCCCCCCCC)OC(=O)CCCCCCCCCCC(C)C. The van der Waals surface area contributed by atoms with Crippen molar-refractivity contribution in [2.45, 2.75) is 432 Å². The van der Waals surface area contributed by atoms with Crippen LogP contribution in [0.1, 0.15) is 414 Å². The summed E-state index contributed by atoms with van der Waals surface area (Å²) in [4.78, 5) is 72.8. The number of aliphatic hydroxyl groups excluding tert-OH is 1. The summed E-state index contributed by atoms with van der Waals surface area (Å²) in [6.45, 7) is 9.57. The van der Waals surface area contributed by atoms with Gasteiger partial charge in [-0.1, -0.05) is 363 Å². The highest BCUT2D eigenvalue weighted by Gasteiger charge is 2.30. The maximum atomic E-state index is 13.1. The monoisotopic (exact) mass is 1440 g/mol. The van der Waals surface area contributed by atoms with E-state index in [-0.39, 0.29) is 25.7 Å². The molecule has 0 aromatic rings. The lowest BCUT2D eigenvalue weighted by molar-refractivity contribution is -0.161. The molecular formula is C79H154O17P2. The zero-order chi connectivity index (χ0) is 72.1. The molecule has 0 amide bonds. The number of esters is 4. The number of rotatable bonds is 78. The standard InChI is InChI=1S/C79H154O17P2/c1-7-9-11-13-15-17-18-19-20-21-22-23-24-25-28-32-35-38-45-51-57-63-78(83)95-75(68-90-77(82)62-56-50-44-37-34-31-29-26-27-30-33-36-41-47-53-59-71(3)4)70-94-98(87,88)92-66-73(80)65-91-97(85,86)93-69-74(67-89-76(81)61-55-49-43-16-14-12-10-8-2)96-79(84)64-58-52-46-40-39-42-48-54-60-72(5)6/h71-75,80H,7-70H2,1-6H3,(H,85,86)(H,87,88)/t73-,74+,75+/m0/s1. The first kappa shape index (κ1) is 96.1. The largest absolute Gasteiger partial charge is 0.472 e. The second-order valence-corrected chi connectivity index (χ2v) is 32.3. The summed E-state index contributed by atoms with van der Waals surface area (Å²) < 4.78 is 68.5. The van der Waals surface area contributed by atoms with E-state index in [0.717, 1.165) is 108 Å². The van der Waals surface area contributed by atoms with Gasteiger partial charge in [-0.15, -0.1) is 0 Å². The zero-order valence-electron chi connectivity index (χ0n) is 64.1. The Morgan fingerprint density at radius 2 is 0.469 bits per heavy atom. The van der Waals surface area contributed by atoms with Crippen LogP contribution in [0.3, 0.4) is 0 Å². The molecule has 0 fully saturated rings. The van der Waals surface area contributed by atoms with Crippen molar-refractivity contribution in [3.63, 3.8) is 0 Å². The summed E-state index contributed by atoms with van der Waals surface area (Å²) in [5.74, 6) is -0.592. The van der Waals surface area contributed by atoms with Crippen LogP contribution in [0.25, 0.3) is 0 Å². The summed E-state index contributed by atoms with van der Waals surface area (Å²) in [6.07, 6.45) is 60.0. The Bertz CT molecular complexity index is 1890. The maximum absolute atomic E-state index is 13.1. The van der Waals surface area contributed by atoms with Crippen molar-refractivity contribution in [3.8, 4) is 0 Å². The molecule has 0 aliphatic carbocycles. The smallest absolute Gasteiger partial charge is 0.462 e. The maximum Gasteiger partial charge on any atom is 0.472 e. The van der Waals surface area contributed by atoms with E-state index < -0.39 is 97.5 Å². The Hall–Kier alpha value is -1.94. The van der Waals surface area contributed by atoms with Crippen LogP contribution in [0.2, 0.25) is 0 Å². The van der Waals surface area contributed by atoms with Crippen LogP contribution in [-0.2, 0) is 65.4 Å². The van der Waals surface area contributed by atoms with E-state index in [9.17, 15) is 43.2 Å². The quantitative estimate of drug-likeness (QED) is 0.0222. The molecule has 0 aromatic heterocycles. The van der Waals surface area contributed by atoms with Crippen LogP contribution < -0.4 is 0 Å². The molecule has 2 unspecified atom stereocenters. The summed E-state index contributed by atoms with van der Waals surface area (Å²) in [5.41, 5.74) is 0. The molecule has 5 atom stereocenters. The Labute approximate surface area is 600 Å². The van der Waals surface area contributed by atoms with E-state index in [1.54, 1.807) is 0 Å². The number of unbranched alkanes of at least 4 members (excludes halogenated alkanes) is 48. The Balaban J connectivity index is 5.18. The molecule has 19 heteroatoms. The molecule has 0 radical (unpaired) electrons. The molecule has 0 rings (SSSR count). The number of ether oxygens (including phenoxy) is 4.